The summed E-state index contributed by atoms with van der Waals surface area (Å²) in [5, 5.41) is 2.59. The molecule has 2 saturated heterocycles. The highest BCUT2D eigenvalue weighted by Gasteiger charge is 2.44. The zero-order chi connectivity index (χ0) is 17.4. The molecule has 3 heterocycles. The standard InChI is InChI=1S/C17H23N3O4/c1-10(2)13-4-5-24-15(13)17(23)19-8-12(9-19)20-7-11(6-14(20)21)16(22)18-3/h4-5,10-12H,6-9H2,1-3H3,(H,18,22). The molecule has 24 heavy (non-hydrogen) atoms. The third-order valence-electron chi connectivity index (χ3n) is 4.88. The van der Waals surface area contributed by atoms with E-state index in [0.717, 1.165) is 5.56 Å². The molecule has 0 bridgehead atoms. The van der Waals surface area contributed by atoms with Crippen molar-refractivity contribution in [3.05, 3.63) is 23.7 Å². The van der Waals surface area contributed by atoms with E-state index in [-0.39, 0.29) is 42.0 Å². The van der Waals surface area contributed by atoms with Crippen LogP contribution in [0.15, 0.2) is 16.7 Å². The van der Waals surface area contributed by atoms with Crippen LogP contribution in [0.4, 0.5) is 0 Å². The second kappa shape index (κ2) is 6.30. The lowest BCUT2D eigenvalue weighted by Gasteiger charge is -2.43. The first-order valence-electron chi connectivity index (χ1n) is 8.30. The van der Waals surface area contributed by atoms with E-state index in [1.54, 1.807) is 16.8 Å². The number of carbonyl (C=O) groups is 3. The number of hydrogen-bond donors (Lipinski definition) is 1. The molecule has 3 amide bonds. The van der Waals surface area contributed by atoms with Gasteiger partial charge < -0.3 is 19.5 Å². The van der Waals surface area contributed by atoms with Crippen LogP contribution in [-0.2, 0) is 9.59 Å². The van der Waals surface area contributed by atoms with Gasteiger partial charge in [0.25, 0.3) is 5.91 Å². The molecular weight excluding hydrogens is 310 g/mol. The lowest BCUT2D eigenvalue weighted by atomic mass is 10.0. The van der Waals surface area contributed by atoms with Gasteiger partial charge in [0.05, 0.1) is 18.2 Å². The van der Waals surface area contributed by atoms with E-state index in [1.165, 1.54) is 6.26 Å². The van der Waals surface area contributed by atoms with Crippen LogP contribution in [-0.4, -0.2) is 60.2 Å². The third-order valence-corrected chi connectivity index (χ3v) is 4.88. The second-order valence-corrected chi connectivity index (χ2v) is 6.79. The van der Waals surface area contributed by atoms with Crippen molar-refractivity contribution in [3.63, 3.8) is 0 Å². The van der Waals surface area contributed by atoms with E-state index in [9.17, 15) is 14.4 Å². The SMILES string of the molecule is CNC(=O)C1CC(=O)N(C2CN(C(=O)c3occc3C(C)C)C2)C1. The zero-order valence-corrected chi connectivity index (χ0v) is 14.2. The highest BCUT2D eigenvalue weighted by molar-refractivity contribution is 5.94. The van der Waals surface area contributed by atoms with E-state index in [0.29, 0.717) is 25.4 Å². The molecule has 2 aliphatic heterocycles. The molecule has 0 aromatic carbocycles. The molecule has 0 aliphatic carbocycles. The summed E-state index contributed by atoms with van der Waals surface area (Å²) in [5.41, 5.74) is 0.903. The molecule has 2 fully saturated rings. The number of nitrogens with one attached hydrogen (secondary N) is 1. The second-order valence-electron chi connectivity index (χ2n) is 6.79. The molecule has 1 N–H and O–H groups in total. The summed E-state index contributed by atoms with van der Waals surface area (Å²) in [7, 11) is 1.58. The first-order chi connectivity index (χ1) is 11.4. The van der Waals surface area contributed by atoms with Gasteiger partial charge in [-0.1, -0.05) is 13.8 Å². The van der Waals surface area contributed by atoms with E-state index < -0.39 is 0 Å². The summed E-state index contributed by atoms with van der Waals surface area (Å²) in [4.78, 5) is 39.8. The predicted octanol–water partition coefficient (Wildman–Crippen LogP) is 0.822. The summed E-state index contributed by atoms with van der Waals surface area (Å²) < 4.78 is 5.36. The summed E-state index contributed by atoms with van der Waals surface area (Å²) in [5.74, 6) is 0.0730. The maximum Gasteiger partial charge on any atom is 0.289 e. The van der Waals surface area contributed by atoms with Crippen molar-refractivity contribution in [2.24, 2.45) is 5.92 Å². The molecule has 0 spiro atoms. The number of carbonyl (C=O) groups excluding carboxylic acids is 3. The highest BCUT2D eigenvalue weighted by atomic mass is 16.3. The molecule has 0 saturated carbocycles. The average molecular weight is 333 g/mol. The van der Waals surface area contributed by atoms with Gasteiger partial charge in [-0.3, -0.25) is 14.4 Å². The summed E-state index contributed by atoms with van der Waals surface area (Å²) >= 11 is 0. The minimum atomic E-state index is -0.287. The third kappa shape index (κ3) is 2.79. The van der Waals surface area contributed by atoms with E-state index in [2.05, 4.69) is 5.32 Å². The minimum Gasteiger partial charge on any atom is -0.459 e. The van der Waals surface area contributed by atoms with Crippen LogP contribution in [0, 0.1) is 5.92 Å². The van der Waals surface area contributed by atoms with Crippen molar-refractivity contribution in [3.8, 4) is 0 Å². The topological polar surface area (TPSA) is 82.9 Å². The van der Waals surface area contributed by atoms with Gasteiger partial charge in [0.2, 0.25) is 11.8 Å². The number of rotatable bonds is 4. The van der Waals surface area contributed by atoms with Crippen molar-refractivity contribution < 1.29 is 18.8 Å². The van der Waals surface area contributed by atoms with Crippen LogP contribution in [0.25, 0.3) is 0 Å². The van der Waals surface area contributed by atoms with Gasteiger partial charge in [-0.2, -0.15) is 0 Å². The number of furan rings is 1. The molecule has 7 nitrogen and oxygen atoms in total. The molecule has 130 valence electrons. The Morgan fingerprint density at radius 1 is 1.29 bits per heavy atom. The molecule has 2 aliphatic rings. The van der Waals surface area contributed by atoms with Crippen molar-refractivity contribution in [1.82, 2.24) is 15.1 Å². The van der Waals surface area contributed by atoms with E-state index >= 15 is 0 Å². The number of likely N-dealkylation sites (tertiary alicyclic amines) is 2. The molecule has 3 rings (SSSR count). The van der Waals surface area contributed by atoms with Crippen LogP contribution in [0.5, 0.6) is 0 Å². The van der Waals surface area contributed by atoms with Crippen LogP contribution < -0.4 is 5.32 Å². The fourth-order valence-electron chi connectivity index (χ4n) is 3.37. The van der Waals surface area contributed by atoms with Gasteiger partial charge in [0.1, 0.15) is 0 Å². The van der Waals surface area contributed by atoms with Gasteiger partial charge in [-0.05, 0) is 12.0 Å². The number of amides is 3. The Bertz CT molecular complexity index is 661. The van der Waals surface area contributed by atoms with Crippen LogP contribution >= 0.6 is 0 Å². The molecule has 1 aromatic rings. The zero-order valence-electron chi connectivity index (χ0n) is 14.2. The Morgan fingerprint density at radius 2 is 2.00 bits per heavy atom. The van der Waals surface area contributed by atoms with Gasteiger partial charge in [-0.15, -0.1) is 0 Å². The number of hydrogen-bond acceptors (Lipinski definition) is 4. The minimum absolute atomic E-state index is 0.00596. The van der Waals surface area contributed by atoms with Crippen molar-refractivity contribution in [2.75, 3.05) is 26.7 Å². The largest absolute Gasteiger partial charge is 0.459 e. The Balaban J connectivity index is 1.59. The van der Waals surface area contributed by atoms with Crippen LogP contribution in [0.1, 0.15) is 42.3 Å². The normalized spacial score (nSPS) is 21.3. The molecule has 1 aromatic heterocycles. The average Bonchev–Trinajstić information content (AvgIpc) is 3.12. The van der Waals surface area contributed by atoms with Gasteiger partial charge >= 0.3 is 0 Å². The van der Waals surface area contributed by atoms with E-state index in [4.69, 9.17) is 4.42 Å². The summed E-state index contributed by atoms with van der Waals surface area (Å²) in [6, 6.07) is 1.82. The van der Waals surface area contributed by atoms with Gasteiger partial charge in [0, 0.05) is 38.7 Å². The maximum atomic E-state index is 12.5. The fourth-order valence-corrected chi connectivity index (χ4v) is 3.37. The first kappa shape index (κ1) is 16.5. The Kier molecular flexibility index (Phi) is 4.34. The van der Waals surface area contributed by atoms with Crippen LogP contribution in [0.2, 0.25) is 0 Å². The summed E-state index contributed by atoms with van der Waals surface area (Å²) in [6.07, 6.45) is 1.79. The quantitative estimate of drug-likeness (QED) is 0.884. The maximum absolute atomic E-state index is 12.5. The van der Waals surface area contributed by atoms with Crippen LogP contribution in [0.3, 0.4) is 0 Å². The molecule has 0 radical (unpaired) electrons. The Morgan fingerprint density at radius 3 is 2.62 bits per heavy atom. The first-order valence-corrected chi connectivity index (χ1v) is 8.30. The van der Waals surface area contributed by atoms with Crippen molar-refractivity contribution >= 4 is 17.7 Å². The Labute approximate surface area is 141 Å². The fraction of sp³-hybridized carbons (Fsp3) is 0.588. The molecular formula is C17H23N3O4. The predicted molar refractivity (Wildman–Crippen MR) is 86.4 cm³/mol. The van der Waals surface area contributed by atoms with E-state index in [1.807, 2.05) is 19.9 Å². The molecule has 1 unspecified atom stereocenters. The highest BCUT2D eigenvalue weighted by Crippen LogP contribution is 2.28. The van der Waals surface area contributed by atoms with Gasteiger partial charge in [0.15, 0.2) is 5.76 Å². The van der Waals surface area contributed by atoms with Crippen molar-refractivity contribution in [2.45, 2.75) is 32.2 Å². The summed E-state index contributed by atoms with van der Waals surface area (Å²) in [6.45, 7) is 5.44. The molecule has 1 atom stereocenters. The van der Waals surface area contributed by atoms with Crippen molar-refractivity contribution in [1.29, 1.82) is 0 Å². The lowest BCUT2D eigenvalue weighted by molar-refractivity contribution is -0.132. The number of nitrogens with zero attached hydrogens (tertiary/aromatic N) is 2. The molecule has 7 heteroatoms. The lowest BCUT2D eigenvalue weighted by Crippen LogP contribution is -2.61. The monoisotopic (exact) mass is 333 g/mol. The van der Waals surface area contributed by atoms with Gasteiger partial charge in [-0.25, -0.2) is 0 Å². The smallest absolute Gasteiger partial charge is 0.289 e. The Hall–Kier alpha value is -2.31.